The molecule has 0 aliphatic rings. The summed E-state index contributed by atoms with van der Waals surface area (Å²) in [6, 6.07) is 17.8. The lowest BCUT2D eigenvalue weighted by Crippen LogP contribution is -2.21. The first-order valence-corrected chi connectivity index (χ1v) is 7.55. The molecule has 1 heteroatoms. The molecule has 0 saturated carbocycles. The normalized spacial score (nSPS) is 12.3. The Bertz CT molecular complexity index is 531. The van der Waals surface area contributed by atoms with E-state index in [-0.39, 0.29) is 0 Å². The van der Waals surface area contributed by atoms with Crippen LogP contribution in [-0.4, -0.2) is 0 Å². The molecule has 20 heavy (non-hydrogen) atoms. The Morgan fingerprint density at radius 3 is 2.40 bits per heavy atom. The molecular formula is C19H25N. The molecule has 2 aromatic carbocycles. The maximum Gasteiger partial charge on any atom is 0.0323 e. The molecule has 2 aromatic rings. The van der Waals surface area contributed by atoms with Crippen LogP contribution < -0.4 is 5.32 Å². The topological polar surface area (TPSA) is 12.0 Å². The van der Waals surface area contributed by atoms with Gasteiger partial charge >= 0.3 is 0 Å². The summed E-state index contributed by atoms with van der Waals surface area (Å²) in [6.07, 6.45) is 2.37. The number of hydrogen-bond donors (Lipinski definition) is 1. The molecule has 0 aliphatic heterocycles. The highest BCUT2D eigenvalue weighted by atomic mass is 14.9. The largest absolute Gasteiger partial charge is 0.306 e. The summed E-state index contributed by atoms with van der Waals surface area (Å²) in [4.78, 5) is 0. The van der Waals surface area contributed by atoms with Crippen LogP contribution in [0.3, 0.4) is 0 Å². The third kappa shape index (κ3) is 3.71. The Morgan fingerprint density at radius 2 is 1.70 bits per heavy atom. The lowest BCUT2D eigenvalue weighted by Gasteiger charge is -2.20. The fraction of sp³-hybridized carbons (Fsp3) is 0.368. The van der Waals surface area contributed by atoms with Gasteiger partial charge in [0.2, 0.25) is 0 Å². The molecule has 0 aromatic heterocycles. The van der Waals surface area contributed by atoms with Gasteiger partial charge in [-0.2, -0.15) is 0 Å². The van der Waals surface area contributed by atoms with Gasteiger partial charge in [-0.3, -0.25) is 0 Å². The maximum absolute atomic E-state index is 3.72. The van der Waals surface area contributed by atoms with Gasteiger partial charge in [-0.15, -0.1) is 0 Å². The first-order valence-electron chi connectivity index (χ1n) is 7.55. The van der Waals surface area contributed by atoms with Crippen molar-refractivity contribution in [1.29, 1.82) is 0 Å². The molecule has 0 amide bonds. The Kier molecular flexibility index (Phi) is 5.37. The van der Waals surface area contributed by atoms with Crippen LogP contribution in [0.15, 0.2) is 48.5 Å². The molecule has 1 unspecified atom stereocenters. The lowest BCUT2D eigenvalue weighted by molar-refractivity contribution is 0.493. The van der Waals surface area contributed by atoms with E-state index in [1.807, 2.05) is 0 Å². The van der Waals surface area contributed by atoms with Gasteiger partial charge in [0.1, 0.15) is 0 Å². The number of nitrogens with one attached hydrogen (secondary N) is 1. The zero-order valence-corrected chi connectivity index (χ0v) is 12.8. The van der Waals surface area contributed by atoms with Gasteiger partial charge in [-0.25, -0.2) is 0 Å². The van der Waals surface area contributed by atoms with Crippen LogP contribution in [0.1, 0.15) is 48.1 Å². The fourth-order valence-electron chi connectivity index (χ4n) is 2.60. The van der Waals surface area contributed by atoms with Crippen LogP contribution in [-0.2, 0) is 6.54 Å². The van der Waals surface area contributed by atoms with Crippen molar-refractivity contribution in [2.75, 3.05) is 0 Å². The molecule has 0 radical (unpaired) electrons. The van der Waals surface area contributed by atoms with Gasteiger partial charge in [0, 0.05) is 12.6 Å². The van der Waals surface area contributed by atoms with Crippen molar-refractivity contribution in [2.45, 2.75) is 46.2 Å². The first kappa shape index (κ1) is 14.8. The zero-order valence-electron chi connectivity index (χ0n) is 12.8. The predicted molar refractivity (Wildman–Crippen MR) is 86.8 cm³/mol. The predicted octanol–water partition coefficient (Wildman–Crippen LogP) is 4.93. The smallest absolute Gasteiger partial charge is 0.0323 e. The molecule has 106 valence electrons. The Labute approximate surface area is 123 Å². The van der Waals surface area contributed by atoms with Crippen molar-refractivity contribution < 1.29 is 0 Å². The Hall–Kier alpha value is -1.60. The van der Waals surface area contributed by atoms with Gasteiger partial charge in [0.25, 0.3) is 0 Å². The summed E-state index contributed by atoms with van der Waals surface area (Å²) in [5, 5.41) is 3.72. The third-order valence-electron chi connectivity index (χ3n) is 4.04. The molecule has 0 aliphatic carbocycles. The summed E-state index contributed by atoms with van der Waals surface area (Å²) >= 11 is 0. The van der Waals surface area contributed by atoms with E-state index in [9.17, 15) is 0 Å². The van der Waals surface area contributed by atoms with Gasteiger partial charge in [0.05, 0.1) is 0 Å². The molecule has 0 heterocycles. The second-order valence-corrected chi connectivity index (χ2v) is 5.49. The molecule has 1 atom stereocenters. The summed E-state index contributed by atoms with van der Waals surface area (Å²) in [5.41, 5.74) is 5.57. The zero-order chi connectivity index (χ0) is 14.4. The minimum Gasteiger partial charge on any atom is -0.306 e. The van der Waals surface area contributed by atoms with E-state index in [4.69, 9.17) is 0 Å². The van der Waals surface area contributed by atoms with E-state index in [2.05, 4.69) is 74.6 Å². The molecule has 0 saturated heterocycles. The lowest BCUT2D eigenvalue weighted by atomic mass is 10.00. The van der Waals surface area contributed by atoms with E-state index >= 15 is 0 Å². The van der Waals surface area contributed by atoms with Crippen molar-refractivity contribution in [3.63, 3.8) is 0 Å². The van der Waals surface area contributed by atoms with Crippen LogP contribution in [0, 0.1) is 13.8 Å². The maximum atomic E-state index is 3.72. The summed E-state index contributed by atoms with van der Waals surface area (Å²) in [7, 11) is 0. The van der Waals surface area contributed by atoms with E-state index in [0.29, 0.717) is 6.04 Å². The van der Waals surface area contributed by atoms with Gasteiger partial charge in [-0.05, 0) is 42.5 Å². The fourth-order valence-corrected chi connectivity index (χ4v) is 2.60. The highest BCUT2D eigenvalue weighted by Gasteiger charge is 2.10. The van der Waals surface area contributed by atoms with Crippen molar-refractivity contribution in [1.82, 2.24) is 5.32 Å². The molecular weight excluding hydrogens is 242 g/mol. The van der Waals surface area contributed by atoms with Crippen molar-refractivity contribution in [3.8, 4) is 0 Å². The van der Waals surface area contributed by atoms with Crippen LogP contribution in [0.4, 0.5) is 0 Å². The summed E-state index contributed by atoms with van der Waals surface area (Å²) < 4.78 is 0. The quantitative estimate of drug-likeness (QED) is 0.782. The van der Waals surface area contributed by atoms with Crippen molar-refractivity contribution >= 4 is 0 Å². The molecule has 1 N–H and O–H groups in total. The van der Waals surface area contributed by atoms with Crippen molar-refractivity contribution in [2.24, 2.45) is 0 Å². The molecule has 0 fully saturated rings. The number of aryl methyl sites for hydroxylation is 1. The minimum atomic E-state index is 0.445. The van der Waals surface area contributed by atoms with Crippen LogP contribution in [0.5, 0.6) is 0 Å². The second-order valence-electron chi connectivity index (χ2n) is 5.49. The molecule has 1 nitrogen and oxygen atoms in total. The van der Waals surface area contributed by atoms with Gasteiger partial charge in [0.15, 0.2) is 0 Å². The number of hydrogen-bond acceptors (Lipinski definition) is 1. The Morgan fingerprint density at radius 1 is 0.950 bits per heavy atom. The average molecular weight is 267 g/mol. The summed E-state index contributed by atoms with van der Waals surface area (Å²) in [6.45, 7) is 7.58. The minimum absolute atomic E-state index is 0.445. The van der Waals surface area contributed by atoms with Crippen LogP contribution >= 0.6 is 0 Å². The number of rotatable bonds is 6. The van der Waals surface area contributed by atoms with Gasteiger partial charge in [-0.1, -0.05) is 61.9 Å². The van der Waals surface area contributed by atoms with Crippen LogP contribution in [0.25, 0.3) is 0 Å². The van der Waals surface area contributed by atoms with Gasteiger partial charge < -0.3 is 5.32 Å². The summed E-state index contributed by atoms with van der Waals surface area (Å²) in [5.74, 6) is 0. The monoisotopic (exact) mass is 267 g/mol. The average Bonchev–Trinajstić information content (AvgIpc) is 2.48. The second kappa shape index (κ2) is 7.25. The molecule has 0 spiro atoms. The number of benzene rings is 2. The first-order chi connectivity index (χ1) is 9.72. The van der Waals surface area contributed by atoms with E-state index < -0.39 is 0 Å². The molecule has 0 bridgehead atoms. The highest BCUT2D eigenvalue weighted by Crippen LogP contribution is 2.20. The van der Waals surface area contributed by atoms with E-state index in [1.54, 1.807) is 0 Å². The Balaban J connectivity index is 2.08. The highest BCUT2D eigenvalue weighted by molar-refractivity contribution is 5.33. The van der Waals surface area contributed by atoms with Crippen LogP contribution in [0.2, 0.25) is 0 Å². The third-order valence-corrected chi connectivity index (χ3v) is 4.04. The SMILES string of the molecule is CCCC(NCc1cccc(C)c1C)c1ccccc1. The standard InChI is InChI=1S/C19H25N/c1-4-9-19(17-11-6-5-7-12-17)20-14-18-13-8-10-15(2)16(18)3/h5-8,10-13,19-20H,4,9,14H2,1-3H3. The molecule has 2 rings (SSSR count). The van der Waals surface area contributed by atoms with E-state index in [1.165, 1.54) is 35.1 Å². The van der Waals surface area contributed by atoms with Crippen molar-refractivity contribution in [3.05, 3.63) is 70.8 Å². The van der Waals surface area contributed by atoms with E-state index in [0.717, 1.165) is 6.54 Å².